The van der Waals surface area contributed by atoms with Crippen LogP contribution >= 0.6 is 0 Å². The third kappa shape index (κ3) is 5.23. The summed E-state index contributed by atoms with van der Waals surface area (Å²) in [5, 5.41) is 11.1. The minimum atomic E-state index is 0.0490. The molecule has 92 valence electrons. The molecule has 0 aliphatic carbocycles. The van der Waals surface area contributed by atoms with E-state index in [1.54, 1.807) is 0 Å². The molecule has 1 N–H and O–H groups in total. The van der Waals surface area contributed by atoms with Crippen molar-refractivity contribution in [2.75, 3.05) is 6.61 Å². The van der Waals surface area contributed by atoms with Gasteiger partial charge in [0.05, 0.1) is 6.54 Å². The van der Waals surface area contributed by atoms with Gasteiger partial charge in [0.15, 0.2) is 0 Å². The monoisotopic (exact) mass is 227 g/mol. The van der Waals surface area contributed by atoms with E-state index in [1.807, 2.05) is 0 Å². The van der Waals surface area contributed by atoms with Crippen LogP contribution in [0.1, 0.15) is 45.9 Å². The number of rotatable bonds is 6. The van der Waals surface area contributed by atoms with Crippen LogP contribution in [0, 0.1) is 0 Å². The molecule has 1 rings (SSSR count). The molecule has 0 radical (unpaired) electrons. The topological polar surface area (TPSA) is 60.2 Å². The number of hydrogen-bond acceptors (Lipinski definition) is 5. The molecule has 0 saturated heterocycles. The summed E-state index contributed by atoms with van der Waals surface area (Å²) < 4.78 is 10.7. The van der Waals surface area contributed by atoms with E-state index >= 15 is 0 Å². The predicted molar refractivity (Wildman–Crippen MR) is 60.8 cm³/mol. The van der Waals surface area contributed by atoms with Crippen molar-refractivity contribution in [3.8, 4) is 0 Å². The lowest BCUT2D eigenvalue weighted by Crippen LogP contribution is -2.35. The second-order valence-electron chi connectivity index (χ2n) is 4.75. The Morgan fingerprint density at radius 1 is 1.25 bits per heavy atom. The smallest absolute Gasteiger partial charge is 0.242 e. The van der Waals surface area contributed by atoms with Crippen molar-refractivity contribution < 1.29 is 9.15 Å². The molecule has 5 heteroatoms. The maximum atomic E-state index is 5.42. The van der Waals surface area contributed by atoms with Crippen LogP contribution in [-0.4, -0.2) is 22.3 Å². The molecule has 0 fully saturated rings. The number of aromatic nitrogens is 2. The van der Waals surface area contributed by atoms with Gasteiger partial charge in [-0.25, -0.2) is 0 Å². The highest BCUT2D eigenvalue weighted by atomic mass is 16.5. The van der Waals surface area contributed by atoms with Gasteiger partial charge in [0.25, 0.3) is 0 Å². The number of hydrogen-bond donors (Lipinski definition) is 1. The molecule has 5 nitrogen and oxygen atoms in total. The Balaban J connectivity index is 2.33. The number of ether oxygens (including phenoxy) is 1. The van der Waals surface area contributed by atoms with E-state index in [4.69, 9.17) is 9.15 Å². The largest absolute Gasteiger partial charge is 0.421 e. The van der Waals surface area contributed by atoms with Crippen LogP contribution in [0.4, 0.5) is 0 Å². The van der Waals surface area contributed by atoms with E-state index in [2.05, 4.69) is 43.2 Å². The minimum Gasteiger partial charge on any atom is -0.421 e. The molecule has 0 unspecified atom stereocenters. The summed E-state index contributed by atoms with van der Waals surface area (Å²) in [6.07, 6.45) is 0.993. The molecule has 1 aromatic heterocycles. The Morgan fingerprint density at radius 3 is 2.56 bits per heavy atom. The maximum Gasteiger partial charge on any atom is 0.242 e. The van der Waals surface area contributed by atoms with Gasteiger partial charge in [-0.2, -0.15) is 0 Å². The highest BCUT2D eigenvalue weighted by molar-refractivity contribution is 4.82. The first-order valence-electron chi connectivity index (χ1n) is 5.65. The van der Waals surface area contributed by atoms with Crippen molar-refractivity contribution in [3.05, 3.63) is 11.8 Å². The summed E-state index contributed by atoms with van der Waals surface area (Å²) in [7, 11) is 0. The summed E-state index contributed by atoms with van der Waals surface area (Å²) in [5.74, 6) is 1.14. The molecule has 0 aliphatic heterocycles. The van der Waals surface area contributed by atoms with Crippen molar-refractivity contribution in [2.24, 2.45) is 0 Å². The van der Waals surface area contributed by atoms with Gasteiger partial charge in [0.1, 0.15) is 6.61 Å². The zero-order valence-electron chi connectivity index (χ0n) is 10.5. The molecule has 1 heterocycles. The lowest BCUT2D eigenvalue weighted by molar-refractivity contribution is 0.102. The third-order valence-electron chi connectivity index (χ3n) is 1.85. The Hall–Kier alpha value is -0.940. The van der Waals surface area contributed by atoms with E-state index in [-0.39, 0.29) is 5.54 Å². The minimum absolute atomic E-state index is 0.0490. The van der Waals surface area contributed by atoms with Gasteiger partial charge < -0.3 is 14.5 Å². The molecule has 0 spiro atoms. The summed E-state index contributed by atoms with van der Waals surface area (Å²) in [5.41, 5.74) is 0.0490. The quantitative estimate of drug-likeness (QED) is 0.752. The van der Waals surface area contributed by atoms with Crippen LogP contribution in [0.25, 0.3) is 0 Å². The highest BCUT2D eigenvalue weighted by Gasteiger charge is 2.11. The molecular weight excluding hydrogens is 206 g/mol. The first kappa shape index (κ1) is 13.1. The van der Waals surface area contributed by atoms with E-state index in [1.165, 1.54) is 0 Å². The maximum absolute atomic E-state index is 5.42. The number of nitrogens with one attached hydrogen (secondary N) is 1. The summed E-state index contributed by atoms with van der Waals surface area (Å²) in [6.45, 7) is 10.0. The Morgan fingerprint density at radius 2 is 1.94 bits per heavy atom. The van der Waals surface area contributed by atoms with E-state index in [0.29, 0.717) is 24.9 Å². The fourth-order valence-electron chi connectivity index (χ4n) is 1.06. The van der Waals surface area contributed by atoms with E-state index < -0.39 is 0 Å². The molecule has 0 amide bonds. The molecule has 0 saturated carbocycles. The average Bonchev–Trinajstić information content (AvgIpc) is 2.62. The normalized spacial score (nSPS) is 12.0. The Kier molecular flexibility index (Phi) is 4.89. The molecular formula is C11H21N3O2. The Bertz CT molecular complexity index is 304. The Labute approximate surface area is 96.6 Å². The highest BCUT2D eigenvalue weighted by Crippen LogP contribution is 2.05. The van der Waals surface area contributed by atoms with Crippen LogP contribution in [0.2, 0.25) is 0 Å². The molecule has 1 aromatic rings. The molecule has 16 heavy (non-hydrogen) atoms. The summed E-state index contributed by atoms with van der Waals surface area (Å²) in [4.78, 5) is 0. The van der Waals surface area contributed by atoms with Gasteiger partial charge in [-0.1, -0.05) is 6.92 Å². The first-order chi connectivity index (χ1) is 7.51. The van der Waals surface area contributed by atoms with Gasteiger partial charge in [0.2, 0.25) is 11.8 Å². The summed E-state index contributed by atoms with van der Waals surface area (Å²) >= 11 is 0. The van der Waals surface area contributed by atoms with Crippen LogP contribution in [0.5, 0.6) is 0 Å². The van der Waals surface area contributed by atoms with E-state index in [9.17, 15) is 0 Å². The van der Waals surface area contributed by atoms with Crippen LogP contribution in [0.15, 0.2) is 4.42 Å². The molecule has 0 aromatic carbocycles. The van der Waals surface area contributed by atoms with Crippen molar-refractivity contribution in [2.45, 2.75) is 52.8 Å². The lowest BCUT2D eigenvalue weighted by atomic mass is 10.1. The SMILES string of the molecule is CCCOCc1nnc(CNC(C)(C)C)o1. The standard InChI is InChI=1S/C11H21N3O2/c1-5-6-15-8-10-14-13-9(16-10)7-12-11(2,3)4/h12H,5-8H2,1-4H3. The van der Waals surface area contributed by atoms with Crippen molar-refractivity contribution >= 4 is 0 Å². The molecule has 0 atom stereocenters. The van der Waals surface area contributed by atoms with Gasteiger partial charge in [0, 0.05) is 12.1 Å². The van der Waals surface area contributed by atoms with Gasteiger partial charge >= 0.3 is 0 Å². The van der Waals surface area contributed by atoms with Crippen molar-refractivity contribution in [1.29, 1.82) is 0 Å². The fraction of sp³-hybridized carbons (Fsp3) is 0.818. The third-order valence-corrected chi connectivity index (χ3v) is 1.85. The van der Waals surface area contributed by atoms with Crippen molar-refractivity contribution in [3.63, 3.8) is 0 Å². The van der Waals surface area contributed by atoms with Gasteiger partial charge in [-0.3, -0.25) is 0 Å². The first-order valence-corrected chi connectivity index (χ1v) is 5.65. The van der Waals surface area contributed by atoms with Gasteiger partial charge in [-0.15, -0.1) is 10.2 Å². The second-order valence-corrected chi connectivity index (χ2v) is 4.75. The van der Waals surface area contributed by atoms with Crippen LogP contribution in [-0.2, 0) is 17.9 Å². The van der Waals surface area contributed by atoms with Gasteiger partial charge in [-0.05, 0) is 27.2 Å². The molecule has 0 aliphatic rings. The zero-order valence-corrected chi connectivity index (χ0v) is 10.5. The second kappa shape index (κ2) is 5.96. The summed E-state index contributed by atoms with van der Waals surface area (Å²) in [6, 6.07) is 0. The lowest BCUT2D eigenvalue weighted by Gasteiger charge is -2.18. The molecule has 0 bridgehead atoms. The fourth-order valence-corrected chi connectivity index (χ4v) is 1.06. The van der Waals surface area contributed by atoms with Crippen LogP contribution < -0.4 is 5.32 Å². The van der Waals surface area contributed by atoms with E-state index in [0.717, 1.165) is 13.0 Å². The van der Waals surface area contributed by atoms with Crippen LogP contribution in [0.3, 0.4) is 0 Å². The zero-order chi connectivity index (χ0) is 12.0. The van der Waals surface area contributed by atoms with Crippen molar-refractivity contribution in [1.82, 2.24) is 15.5 Å². The average molecular weight is 227 g/mol. The number of nitrogens with zero attached hydrogens (tertiary/aromatic N) is 2. The predicted octanol–water partition coefficient (Wildman–Crippen LogP) is 1.88.